The van der Waals surface area contributed by atoms with Gasteiger partial charge in [-0.1, -0.05) is 0 Å². The van der Waals surface area contributed by atoms with Gasteiger partial charge < -0.3 is 19.1 Å². The molecule has 1 fully saturated rings. The van der Waals surface area contributed by atoms with Crippen molar-refractivity contribution in [2.24, 2.45) is 0 Å². The number of nitro groups is 1. The molecule has 8 nitrogen and oxygen atoms in total. The highest BCUT2D eigenvalue weighted by Gasteiger charge is 2.24. The van der Waals surface area contributed by atoms with Gasteiger partial charge in [0.1, 0.15) is 0 Å². The normalized spacial score (nSPS) is 14.5. The second-order valence-electron chi connectivity index (χ2n) is 6.70. The monoisotopic (exact) mass is 386 g/mol. The number of carbonyl (C=O) groups excluding carboxylic acids is 1. The summed E-state index contributed by atoms with van der Waals surface area (Å²) < 4.78 is 16.3. The predicted molar refractivity (Wildman–Crippen MR) is 103 cm³/mol. The minimum absolute atomic E-state index is 0.121. The van der Waals surface area contributed by atoms with Crippen molar-refractivity contribution >= 4 is 17.3 Å². The van der Waals surface area contributed by atoms with Crippen molar-refractivity contribution in [1.29, 1.82) is 0 Å². The molecule has 0 N–H and O–H groups in total. The molecule has 8 heteroatoms. The fraction of sp³-hybridized carbons (Fsp3) is 0.350. The summed E-state index contributed by atoms with van der Waals surface area (Å²) >= 11 is 0. The van der Waals surface area contributed by atoms with Crippen molar-refractivity contribution in [1.82, 2.24) is 0 Å². The number of esters is 1. The van der Waals surface area contributed by atoms with Crippen LogP contribution in [0.15, 0.2) is 36.4 Å². The van der Waals surface area contributed by atoms with E-state index in [4.69, 9.17) is 14.2 Å². The van der Waals surface area contributed by atoms with Crippen LogP contribution in [0.2, 0.25) is 0 Å². The van der Waals surface area contributed by atoms with E-state index >= 15 is 0 Å². The first kappa shape index (κ1) is 19.8. The van der Waals surface area contributed by atoms with Gasteiger partial charge in [0.05, 0.1) is 23.7 Å². The Balaban J connectivity index is 1.83. The van der Waals surface area contributed by atoms with E-state index in [2.05, 4.69) is 0 Å². The zero-order valence-corrected chi connectivity index (χ0v) is 16.0. The lowest BCUT2D eigenvalue weighted by Crippen LogP contribution is -2.18. The van der Waals surface area contributed by atoms with Crippen LogP contribution in [0.1, 0.15) is 34.2 Å². The molecule has 0 amide bonds. The largest absolute Gasteiger partial charge is 0.416 e. The molecule has 0 saturated carbocycles. The van der Waals surface area contributed by atoms with Crippen LogP contribution in [0.25, 0.3) is 0 Å². The first-order valence-corrected chi connectivity index (χ1v) is 8.88. The van der Waals surface area contributed by atoms with Crippen LogP contribution in [-0.2, 0) is 9.47 Å². The lowest BCUT2D eigenvalue weighted by molar-refractivity contribution is -0.385. The second kappa shape index (κ2) is 8.37. The van der Waals surface area contributed by atoms with Crippen molar-refractivity contribution in [3.63, 3.8) is 0 Å². The molecule has 0 radical (unpaired) electrons. The van der Waals surface area contributed by atoms with Crippen LogP contribution >= 0.6 is 0 Å². The van der Waals surface area contributed by atoms with Gasteiger partial charge in [-0.2, -0.15) is 0 Å². The highest BCUT2D eigenvalue weighted by atomic mass is 16.7. The third-order valence-electron chi connectivity index (χ3n) is 4.40. The highest BCUT2D eigenvalue weighted by Crippen LogP contribution is 2.33. The lowest BCUT2D eigenvalue weighted by Gasteiger charge is -2.23. The van der Waals surface area contributed by atoms with E-state index in [0.717, 1.165) is 17.7 Å². The number of carbonyl (C=O) groups is 1. The van der Waals surface area contributed by atoms with Gasteiger partial charge in [0, 0.05) is 31.4 Å². The summed E-state index contributed by atoms with van der Waals surface area (Å²) in [5, 5.41) is 11.5. The number of benzene rings is 2. The standard InChI is InChI=1S/C20H22N2O6/c1-13-11-14(5-7-16(13)21(2)3)19(23)28-18-8-6-15(12-17(18)22(24)25)20-26-9-4-10-27-20/h5-8,11-12,20H,4,9-10H2,1-3H3. The minimum atomic E-state index is -0.658. The Morgan fingerprint density at radius 1 is 1.18 bits per heavy atom. The maximum atomic E-state index is 12.5. The zero-order valence-electron chi connectivity index (χ0n) is 16.0. The van der Waals surface area contributed by atoms with Crippen LogP contribution in [0.4, 0.5) is 11.4 Å². The van der Waals surface area contributed by atoms with Crippen molar-refractivity contribution in [3.05, 3.63) is 63.2 Å². The fourth-order valence-electron chi connectivity index (χ4n) is 3.03. The van der Waals surface area contributed by atoms with Crippen molar-refractivity contribution in [2.45, 2.75) is 19.6 Å². The molecule has 2 aromatic carbocycles. The fourth-order valence-corrected chi connectivity index (χ4v) is 3.03. The van der Waals surface area contributed by atoms with Gasteiger partial charge in [-0.25, -0.2) is 4.79 Å². The van der Waals surface area contributed by atoms with E-state index in [1.165, 1.54) is 12.1 Å². The van der Waals surface area contributed by atoms with Crippen molar-refractivity contribution in [3.8, 4) is 5.75 Å². The van der Waals surface area contributed by atoms with Crippen molar-refractivity contribution < 1.29 is 23.9 Å². The predicted octanol–water partition coefficient (Wildman–Crippen LogP) is 3.62. The molecule has 148 valence electrons. The van der Waals surface area contributed by atoms with Crippen LogP contribution in [-0.4, -0.2) is 38.2 Å². The van der Waals surface area contributed by atoms with Gasteiger partial charge in [0.25, 0.3) is 0 Å². The Labute approximate surface area is 162 Å². The van der Waals surface area contributed by atoms with Crippen LogP contribution in [0, 0.1) is 17.0 Å². The summed E-state index contributed by atoms with van der Waals surface area (Å²) in [5.41, 5.74) is 2.39. The molecule has 1 aliphatic heterocycles. The van der Waals surface area contributed by atoms with Crippen LogP contribution in [0.3, 0.4) is 0 Å². The van der Waals surface area contributed by atoms with Gasteiger partial charge in [-0.15, -0.1) is 0 Å². The third-order valence-corrected chi connectivity index (χ3v) is 4.40. The quantitative estimate of drug-likeness (QED) is 0.335. The Kier molecular flexibility index (Phi) is 5.91. The SMILES string of the molecule is Cc1cc(C(=O)Oc2ccc(C3OCCCO3)cc2[N+](=O)[O-])ccc1N(C)C. The highest BCUT2D eigenvalue weighted by molar-refractivity contribution is 5.92. The molecule has 0 aliphatic carbocycles. The average Bonchev–Trinajstić information content (AvgIpc) is 2.68. The molecular formula is C20H22N2O6. The second-order valence-corrected chi connectivity index (χ2v) is 6.70. The first-order chi connectivity index (χ1) is 13.4. The Bertz CT molecular complexity index is 890. The molecule has 1 aliphatic rings. The number of hydrogen-bond acceptors (Lipinski definition) is 7. The number of aryl methyl sites for hydroxylation is 1. The molecule has 0 unspecified atom stereocenters. The molecule has 0 atom stereocenters. The Morgan fingerprint density at radius 3 is 2.50 bits per heavy atom. The number of ether oxygens (including phenoxy) is 3. The Morgan fingerprint density at radius 2 is 1.89 bits per heavy atom. The number of hydrogen-bond donors (Lipinski definition) is 0. The van der Waals surface area contributed by atoms with E-state index in [9.17, 15) is 14.9 Å². The van der Waals surface area contributed by atoms with E-state index in [1.54, 1.807) is 24.3 Å². The average molecular weight is 386 g/mol. The maximum absolute atomic E-state index is 12.5. The van der Waals surface area contributed by atoms with E-state index in [-0.39, 0.29) is 11.4 Å². The first-order valence-electron chi connectivity index (χ1n) is 8.88. The number of nitro benzene ring substituents is 1. The smallest absolute Gasteiger partial charge is 0.343 e. The van der Waals surface area contributed by atoms with Gasteiger partial charge in [-0.05, 0) is 49.2 Å². The summed E-state index contributed by atoms with van der Waals surface area (Å²) in [5.74, 6) is -0.779. The summed E-state index contributed by atoms with van der Waals surface area (Å²) in [6.07, 6.45) is 0.124. The van der Waals surface area contributed by atoms with E-state index in [0.29, 0.717) is 24.3 Å². The summed E-state index contributed by atoms with van der Waals surface area (Å²) in [7, 11) is 3.82. The summed E-state index contributed by atoms with van der Waals surface area (Å²) in [6.45, 7) is 2.93. The summed E-state index contributed by atoms with van der Waals surface area (Å²) in [6, 6.07) is 9.45. The van der Waals surface area contributed by atoms with E-state index < -0.39 is 17.2 Å². The third kappa shape index (κ3) is 4.29. The molecule has 2 aromatic rings. The maximum Gasteiger partial charge on any atom is 0.343 e. The Hall–Kier alpha value is -2.97. The van der Waals surface area contributed by atoms with Gasteiger partial charge in [0.2, 0.25) is 5.75 Å². The van der Waals surface area contributed by atoms with Gasteiger partial charge >= 0.3 is 11.7 Å². The molecular weight excluding hydrogens is 364 g/mol. The van der Waals surface area contributed by atoms with Crippen molar-refractivity contribution in [2.75, 3.05) is 32.2 Å². The van der Waals surface area contributed by atoms with Crippen LogP contribution < -0.4 is 9.64 Å². The minimum Gasteiger partial charge on any atom is -0.416 e. The van der Waals surface area contributed by atoms with Gasteiger partial charge in [-0.3, -0.25) is 10.1 Å². The lowest BCUT2D eigenvalue weighted by atomic mass is 10.1. The zero-order chi connectivity index (χ0) is 20.3. The van der Waals surface area contributed by atoms with Crippen LogP contribution in [0.5, 0.6) is 5.75 Å². The molecule has 1 heterocycles. The molecule has 0 spiro atoms. The molecule has 0 bridgehead atoms. The number of nitrogens with zero attached hydrogens (tertiary/aromatic N) is 2. The molecule has 28 heavy (non-hydrogen) atoms. The molecule has 1 saturated heterocycles. The van der Waals surface area contributed by atoms with Gasteiger partial charge in [0.15, 0.2) is 6.29 Å². The number of rotatable bonds is 5. The summed E-state index contributed by atoms with van der Waals surface area (Å²) in [4.78, 5) is 25.3. The topological polar surface area (TPSA) is 91.1 Å². The van der Waals surface area contributed by atoms with E-state index in [1.807, 2.05) is 25.9 Å². The molecule has 0 aromatic heterocycles. The molecule has 3 rings (SSSR count). The number of anilines is 1.